The molecule has 1 unspecified atom stereocenters. The minimum atomic E-state index is -0.517. The normalized spacial score (nSPS) is 11.7. The van der Waals surface area contributed by atoms with Crippen molar-refractivity contribution in [2.75, 3.05) is 27.3 Å². The molecule has 4 N–H and O–H groups in total. The molecule has 6 heteroatoms. The number of benzene rings is 1. The summed E-state index contributed by atoms with van der Waals surface area (Å²) in [5, 5.41) is 5.80. The van der Waals surface area contributed by atoms with Gasteiger partial charge in [0.25, 0.3) is 0 Å². The number of nitrogens with two attached hydrogens (primary N) is 1. The molecule has 0 saturated carbocycles. The Morgan fingerprint density at radius 3 is 2.63 bits per heavy atom. The maximum Gasteiger partial charge on any atom is 0.312 e. The number of methoxy groups -OCH3 is 2. The molecule has 106 valence electrons. The summed E-state index contributed by atoms with van der Waals surface area (Å²) in [7, 11) is 3.24. The standard InChI is InChI=1S/C13H21N3O3/c1-9(15-6-7-16-13(14)17)11-5-4-10(18-2)8-12(11)19-3/h4-5,8-9,15H,6-7H2,1-3H3,(H3,14,16,17). The van der Waals surface area contributed by atoms with Crippen LogP contribution in [0.2, 0.25) is 0 Å². The van der Waals surface area contributed by atoms with Crippen LogP contribution in [0.4, 0.5) is 4.79 Å². The Hall–Kier alpha value is -1.95. The van der Waals surface area contributed by atoms with E-state index in [4.69, 9.17) is 15.2 Å². The van der Waals surface area contributed by atoms with Crippen LogP contribution in [0, 0.1) is 0 Å². The molecule has 0 saturated heterocycles. The van der Waals surface area contributed by atoms with Gasteiger partial charge in [-0.05, 0) is 13.0 Å². The van der Waals surface area contributed by atoms with E-state index in [1.54, 1.807) is 14.2 Å². The third kappa shape index (κ3) is 4.67. The van der Waals surface area contributed by atoms with Crippen molar-refractivity contribution in [3.05, 3.63) is 23.8 Å². The Balaban J connectivity index is 2.60. The van der Waals surface area contributed by atoms with Crippen LogP contribution in [0.1, 0.15) is 18.5 Å². The average Bonchev–Trinajstić information content (AvgIpc) is 2.42. The fraction of sp³-hybridized carbons (Fsp3) is 0.462. The first-order valence-electron chi connectivity index (χ1n) is 6.07. The molecule has 0 heterocycles. The largest absolute Gasteiger partial charge is 0.497 e. The molecular formula is C13H21N3O3. The Labute approximate surface area is 113 Å². The Kier molecular flexibility index (Phi) is 5.95. The van der Waals surface area contributed by atoms with E-state index in [1.165, 1.54) is 0 Å². The first kappa shape index (κ1) is 15.1. The third-order valence-electron chi connectivity index (χ3n) is 2.78. The summed E-state index contributed by atoms with van der Waals surface area (Å²) in [6.07, 6.45) is 0. The zero-order valence-corrected chi connectivity index (χ0v) is 11.5. The van der Waals surface area contributed by atoms with Crippen molar-refractivity contribution in [1.82, 2.24) is 10.6 Å². The molecule has 0 aromatic heterocycles. The van der Waals surface area contributed by atoms with Gasteiger partial charge in [-0.3, -0.25) is 0 Å². The van der Waals surface area contributed by atoms with E-state index in [1.807, 2.05) is 25.1 Å². The SMILES string of the molecule is COc1ccc(C(C)NCCNC(N)=O)c(OC)c1. The van der Waals surface area contributed by atoms with E-state index < -0.39 is 6.03 Å². The van der Waals surface area contributed by atoms with Crippen molar-refractivity contribution < 1.29 is 14.3 Å². The first-order valence-corrected chi connectivity index (χ1v) is 6.07. The highest BCUT2D eigenvalue weighted by molar-refractivity contribution is 5.71. The molecule has 1 atom stereocenters. The molecule has 0 bridgehead atoms. The number of ether oxygens (including phenoxy) is 2. The van der Waals surface area contributed by atoms with Crippen LogP contribution in [0.5, 0.6) is 11.5 Å². The maximum absolute atomic E-state index is 10.5. The maximum atomic E-state index is 10.5. The number of carbonyl (C=O) groups excluding carboxylic acids is 1. The Morgan fingerprint density at radius 1 is 1.32 bits per heavy atom. The van der Waals surface area contributed by atoms with Gasteiger partial charge in [0.2, 0.25) is 0 Å². The van der Waals surface area contributed by atoms with Crippen molar-refractivity contribution in [2.24, 2.45) is 5.73 Å². The summed E-state index contributed by atoms with van der Waals surface area (Å²) in [6, 6.07) is 5.26. The van der Waals surface area contributed by atoms with Crippen molar-refractivity contribution in [3.63, 3.8) is 0 Å². The van der Waals surface area contributed by atoms with Gasteiger partial charge >= 0.3 is 6.03 Å². The monoisotopic (exact) mass is 267 g/mol. The summed E-state index contributed by atoms with van der Waals surface area (Å²) in [5.41, 5.74) is 6.02. The summed E-state index contributed by atoms with van der Waals surface area (Å²) in [5.74, 6) is 1.52. The number of hydrogen-bond acceptors (Lipinski definition) is 4. The molecule has 1 aromatic rings. The van der Waals surface area contributed by atoms with Crippen LogP contribution in [0.25, 0.3) is 0 Å². The third-order valence-corrected chi connectivity index (χ3v) is 2.78. The van der Waals surface area contributed by atoms with Crippen LogP contribution >= 0.6 is 0 Å². The van der Waals surface area contributed by atoms with E-state index in [0.717, 1.165) is 17.1 Å². The number of carbonyl (C=O) groups is 1. The number of hydrogen-bond donors (Lipinski definition) is 3. The molecule has 1 rings (SSSR count). The summed E-state index contributed by atoms with van der Waals surface area (Å²) < 4.78 is 10.5. The second kappa shape index (κ2) is 7.48. The zero-order chi connectivity index (χ0) is 14.3. The molecule has 0 aliphatic heterocycles. The van der Waals surface area contributed by atoms with Crippen molar-refractivity contribution in [2.45, 2.75) is 13.0 Å². The quantitative estimate of drug-likeness (QED) is 0.644. The number of rotatable bonds is 7. The molecule has 19 heavy (non-hydrogen) atoms. The minimum Gasteiger partial charge on any atom is -0.497 e. The second-order valence-electron chi connectivity index (χ2n) is 4.07. The number of nitrogens with one attached hydrogen (secondary N) is 2. The molecule has 0 aliphatic rings. The molecule has 2 amide bonds. The van der Waals surface area contributed by atoms with Gasteiger partial charge < -0.3 is 25.8 Å². The summed E-state index contributed by atoms with van der Waals surface area (Å²) in [4.78, 5) is 10.5. The predicted molar refractivity (Wildman–Crippen MR) is 73.5 cm³/mol. The smallest absolute Gasteiger partial charge is 0.312 e. The van der Waals surface area contributed by atoms with Crippen LogP contribution in [-0.4, -0.2) is 33.3 Å². The van der Waals surface area contributed by atoms with E-state index in [-0.39, 0.29) is 6.04 Å². The lowest BCUT2D eigenvalue weighted by Crippen LogP contribution is -2.36. The Bertz CT molecular complexity index is 424. The minimum absolute atomic E-state index is 0.0931. The molecule has 1 aromatic carbocycles. The van der Waals surface area contributed by atoms with Gasteiger partial charge in [-0.1, -0.05) is 6.07 Å². The van der Waals surface area contributed by atoms with Crippen LogP contribution < -0.4 is 25.8 Å². The zero-order valence-electron chi connectivity index (χ0n) is 11.5. The predicted octanol–water partition coefficient (Wildman–Crippen LogP) is 1.02. The lowest BCUT2D eigenvalue weighted by Gasteiger charge is -2.18. The lowest BCUT2D eigenvalue weighted by atomic mass is 10.1. The average molecular weight is 267 g/mol. The van der Waals surface area contributed by atoms with Gasteiger partial charge in [0.05, 0.1) is 14.2 Å². The number of amides is 2. The van der Waals surface area contributed by atoms with Gasteiger partial charge in [-0.15, -0.1) is 0 Å². The fourth-order valence-electron chi connectivity index (χ4n) is 1.76. The van der Waals surface area contributed by atoms with Crippen LogP contribution in [0.3, 0.4) is 0 Å². The lowest BCUT2D eigenvalue weighted by molar-refractivity contribution is 0.249. The fourth-order valence-corrected chi connectivity index (χ4v) is 1.76. The van der Waals surface area contributed by atoms with Crippen molar-refractivity contribution in [3.8, 4) is 11.5 Å². The summed E-state index contributed by atoms with van der Waals surface area (Å²) >= 11 is 0. The van der Waals surface area contributed by atoms with Gasteiger partial charge in [0.1, 0.15) is 11.5 Å². The van der Waals surface area contributed by atoms with E-state index in [9.17, 15) is 4.79 Å². The Morgan fingerprint density at radius 2 is 2.05 bits per heavy atom. The van der Waals surface area contributed by atoms with E-state index >= 15 is 0 Å². The summed E-state index contributed by atoms with van der Waals surface area (Å²) in [6.45, 7) is 3.13. The van der Waals surface area contributed by atoms with E-state index in [2.05, 4.69) is 10.6 Å². The van der Waals surface area contributed by atoms with Crippen LogP contribution in [0.15, 0.2) is 18.2 Å². The molecule has 0 radical (unpaired) electrons. The van der Waals surface area contributed by atoms with Crippen molar-refractivity contribution in [1.29, 1.82) is 0 Å². The highest BCUT2D eigenvalue weighted by Gasteiger charge is 2.11. The topological polar surface area (TPSA) is 85.6 Å². The van der Waals surface area contributed by atoms with Gasteiger partial charge in [0.15, 0.2) is 0 Å². The number of urea groups is 1. The van der Waals surface area contributed by atoms with Crippen LogP contribution in [-0.2, 0) is 0 Å². The highest BCUT2D eigenvalue weighted by Crippen LogP contribution is 2.29. The van der Waals surface area contributed by atoms with Gasteiger partial charge in [-0.2, -0.15) is 0 Å². The first-order chi connectivity index (χ1) is 9.08. The molecule has 0 spiro atoms. The highest BCUT2D eigenvalue weighted by atomic mass is 16.5. The van der Waals surface area contributed by atoms with E-state index in [0.29, 0.717) is 13.1 Å². The van der Waals surface area contributed by atoms with Gasteiger partial charge in [-0.25, -0.2) is 4.79 Å². The molecule has 0 aliphatic carbocycles. The second-order valence-corrected chi connectivity index (χ2v) is 4.07. The number of primary amides is 1. The molecule has 0 fully saturated rings. The molecular weight excluding hydrogens is 246 g/mol. The van der Waals surface area contributed by atoms with Gasteiger partial charge in [0, 0.05) is 30.8 Å². The molecule has 6 nitrogen and oxygen atoms in total. The van der Waals surface area contributed by atoms with Crippen molar-refractivity contribution >= 4 is 6.03 Å².